The number of fused-ring (bicyclic) bond motifs is 1. The Labute approximate surface area is 288 Å². The minimum Gasteiger partial charge on any atom is -0.493 e. The van der Waals surface area contributed by atoms with Crippen LogP contribution in [0, 0.1) is 0 Å². The van der Waals surface area contributed by atoms with Crippen molar-refractivity contribution >= 4 is 45.7 Å². The van der Waals surface area contributed by atoms with Crippen molar-refractivity contribution in [3.8, 4) is 5.75 Å². The molecule has 0 aromatic heterocycles. The molecule has 0 aliphatic carbocycles. The number of nitrogens with zero attached hydrogens (tertiary/aromatic N) is 2. The molecule has 0 aliphatic rings. The van der Waals surface area contributed by atoms with Crippen LogP contribution in [-0.4, -0.2) is 41.3 Å². The van der Waals surface area contributed by atoms with Crippen molar-refractivity contribution < 1.29 is 24.5 Å². The van der Waals surface area contributed by atoms with Gasteiger partial charge in [0.25, 0.3) is 0 Å². The highest BCUT2D eigenvalue weighted by Crippen LogP contribution is 2.25. The summed E-state index contributed by atoms with van der Waals surface area (Å²) in [4.78, 5) is 26.5. The Morgan fingerprint density at radius 3 is 1.86 bits per heavy atom. The Hall–Kier alpha value is -5.89. The SMILES string of the molecule is O=C(O)/C=C\C(=O)O.c1ccc(/N=C(/Nc2ccccc2)N(CCCCCCCCOc2cccc3ccccc23)c2ccccc2)cc1. The maximum absolute atomic E-state index is 9.55. The van der Waals surface area contributed by atoms with E-state index >= 15 is 0 Å². The van der Waals surface area contributed by atoms with Crippen LogP contribution in [-0.2, 0) is 9.59 Å². The first kappa shape index (κ1) is 36.0. The predicted octanol–water partition coefficient (Wildman–Crippen LogP) is 9.58. The van der Waals surface area contributed by atoms with Crippen LogP contribution in [0.25, 0.3) is 10.8 Å². The maximum atomic E-state index is 9.55. The first-order valence-electron chi connectivity index (χ1n) is 16.5. The number of aliphatic imine (C=N–C) groups is 1. The summed E-state index contributed by atoms with van der Waals surface area (Å²) in [5, 5.41) is 21.6. The number of carboxylic acid groups (broad SMARTS) is 2. The lowest BCUT2D eigenvalue weighted by molar-refractivity contribution is -0.134. The van der Waals surface area contributed by atoms with Gasteiger partial charge in [-0.2, -0.15) is 0 Å². The van der Waals surface area contributed by atoms with E-state index in [9.17, 15) is 9.59 Å². The van der Waals surface area contributed by atoms with Crippen LogP contribution in [0.3, 0.4) is 0 Å². The Balaban J connectivity index is 0.000000603. The topological polar surface area (TPSA) is 111 Å². The first-order chi connectivity index (χ1) is 24.0. The molecule has 0 unspecified atom stereocenters. The predicted molar refractivity (Wildman–Crippen MR) is 199 cm³/mol. The third-order valence-corrected chi connectivity index (χ3v) is 7.50. The molecule has 0 bridgehead atoms. The molecule has 5 aromatic rings. The zero-order valence-corrected chi connectivity index (χ0v) is 27.5. The van der Waals surface area contributed by atoms with E-state index in [0.29, 0.717) is 12.2 Å². The number of hydrogen-bond donors (Lipinski definition) is 3. The van der Waals surface area contributed by atoms with Crippen LogP contribution in [0.15, 0.2) is 151 Å². The summed E-state index contributed by atoms with van der Waals surface area (Å²) < 4.78 is 6.12. The summed E-state index contributed by atoms with van der Waals surface area (Å²) in [6.07, 6.45) is 8.08. The van der Waals surface area contributed by atoms with E-state index in [1.807, 2.05) is 48.5 Å². The molecule has 0 spiro atoms. The number of carboxylic acids is 2. The first-order valence-corrected chi connectivity index (χ1v) is 16.5. The van der Waals surface area contributed by atoms with Crippen LogP contribution in [0.2, 0.25) is 0 Å². The van der Waals surface area contributed by atoms with E-state index in [-0.39, 0.29) is 0 Å². The Kier molecular flexibility index (Phi) is 14.9. The van der Waals surface area contributed by atoms with Crippen molar-refractivity contribution in [1.82, 2.24) is 0 Å². The number of rotatable bonds is 15. The summed E-state index contributed by atoms with van der Waals surface area (Å²) in [6, 6.07) is 45.7. The van der Waals surface area contributed by atoms with Gasteiger partial charge in [0, 0.05) is 35.5 Å². The molecule has 0 aliphatic heterocycles. The summed E-state index contributed by atoms with van der Waals surface area (Å²) in [6.45, 7) is 1.65. The second-order valence-corrected chi connectivity index (χ2v) is 11.2. The van der Waals surface area contributed by atoms with Crippen molar-refractivity contribution in [2.45, 2.75) is 38.5 Å². The second kappa shape index (κ2) is 20.4. The summed E-state index contributed by atoms with van der Waals surface area (Å²) >= 11 is 0. The molecule has 8 heteroatoms. The van der Waals surface area contributed by atoms with Crippen LogP contribution in [0.1, 0.15) is 38.5 Å². The molecule has 0 amide bonds. The van der Waals surface area contributed by atoms with Gasteiger partial charge in [0.1, 0.15) is 5.75 Å². The van der Waals surface area contributed by atoms with Crippen molar-refractivity contribution in [1.29, 1.82) is 0 Å². The van der Waals surface area contributed by atoms with Crippen LogP contribution in [0.5, 0.6) is 5.75 Å². The van der Waals surface area contributed by atoms with Gasteiger partial charge in [0.15, 0.2) is 0 Å². The van der Waals surface area contributed by atoms with Gasteiger partial charge in [-0.05, 0) is 60.7 Å². The van der Waals surface area contributed by atoms with E-state index in [2.05, 4.69) is 95.1 Å². The van der Waals surface area contributed by atoms with E-state index in [0.717, 1.165) is 54.8 Å². The summed E-state index contributed by atoms with van der Waals surface area (Å²) in [5.41, 5.74) is 3.09. The fourth-order valence-electron chi connectivity index (χ4n) is 5.12. The van der Waals surface area contributed by atoms with Crippen molar-refractivity contribution in [3.63, 3.8) is 0 Å². The third kappa shape index (κ3) is 13.0. The fourth-order valence-corrected chi connectivity index (χ4v) is 5.12. The Bertz CT molecular complexity index is 1760. The normalized spacial score (nSPS) is 11.1. The van der Waals surface area contributed by atoms with Gasteiger partial charge in [-0.1, -0.05) is 117 Å². The van der Waals surface area contributed by atoms with E-state index in [4.69, 9.17) is 19.9 Å². The average Bonchev–Trinajstić information content (AvgIpc) is 3.13. The van der Waals surface area contributed by atoms with Crippen molar-refractivity contribution in [2.75, 3.05) is 23.4 Å². The van der Waals surface area contributed by atoms with Gasteiger partial charge < -0.3 is 25.2 Å². The molecule has 0 heterocycles. The van der Waals surface area contributed by atoms with Crippen LogP contribution < -0.4 is 15.0 Å². The van der Waals surface area contributed by atoms with Crippen molar-refractivity contribution in [3.05, 3.63) is 146 Å². The molecule has 8 nitrogen and oxygen atoms in total. The number of benzene rings is 5. The second-order valence-electron chi connectivity index (χ2n) is 11.2. The number of aliphatic carboxylic acids is 2. The lowest BCUT2D eigenvalue weighted by atomic mass is 10.1. The number of hydrogen-bond acceptors (Lipinski definition) is 4. The highest BCUT2D eigenvalue weighted by Gasteiger charge is 2.14. The number of anilines is 2. The standard InChI is InChI=1S/C37H39N3O.C4H4O4/c1(2-4-17-30-41-36-28-18-20-31-19-14-15-27-35(31)36)3-16-29-40(34-25-12-7-13-26-34)37(38-32-21-8-5-9-22-32)39-33-23-10-6-11-24-33;5-3(6)1-2-4(7)8/h5-15,18-28H,1-4,16-17,29-30H2,(H,38,39);1-2H,(H,5,6)(H,7,8)/b;2-1-. The van der Waals surface area contributed by atoms with Gasteiger partial charge >= 0.3 is 11.9 Å². The summed E-state index contributed by atoms with van der Waals surface area (Å²) in [7, 11) is 0. The average molecular weight is 658 g/mol. The molecule has 0 saturated carbocycles. The molecule has 0 fully saturated rings. The lowest BCUT2D eigenvalue weighted by Gasteiger charge is -2.27. The number of para-hydroxylation sites is 3. The minimum atomic E-state index is -1.26. The number of unbranched alkanes of at least 4 members (excludes halogenated alkanes) is 5. The van der Waals surface area contributed by atoms with E-state index in [1.165, 1.54) is 36.5 Å². The number of nitrogens with one attached hydrogen (secondary N) is 1. The molecule has 0 saturated heterocycles. The highest BCUT2D eigenvalue weighted by molar-refractivity contribution is 6.06. The number of carbonyl (C=O) groups is 2. The molecular formula is C41H43N3O5. The molecule has 252 valence electrons. The third-order valence-electron chi connectivity index (χ3n) is 7.50. The smallest absolute Gasteiger partial charge is 0.328 e. The number of guanidine groups is 1. The van der Waals surface area contributed by atoms with Crippen LogP contribution in [0.4, 0.5) is 17.1 Å². The quantitative estimate of drug-likeness (QED) is 0.0445. The molecule has 5 aromatic carbocycles. The van der Waals surface area contributed by atoms with Crippen molar-refractivity contribution in [2.24, 2.45) is 4.99 Å². The van der Waals surface area contributed by atoms with Gasteiger partial charge in [0.2, 0.25) is 5.96 Å². The van der Waals surface area contributed by atoms with E-state index < -0.39 is 11.9 Å². The van der Waals surface area contributed by atoms with Gasteiger partial charge in [-0.3, -0.25) is 0 Å². The molecular weight excluding hydrogens is 614 g/mol. The van der Waals surface area contributed by atoms with Gasteiger partial charge in [0.05, 0.1) is 12.3 Å². The maximum Gasteiger partial charge on any atom is 0.328 e. The molecule has 0 atom stereocenters. The monoisotopic (exact) mass is 657 g/mol. The van der Waals surface area contributed by atoms with Gasteiger partial charge in [-0.15, -0.1) is 0 Å². The molecule has 49 heavy (non-hydrogen) atoms. The summed E-state index contributed by atoms with van der Waals surface area (Å²) in [5.74, 6) is -0.694. The van der Waals surface area contributed by atoms with Crippen LogP contribution >= 0.6 is 0 Å². The largest absolute Gasteiger partial charge is 0.493 e. The minimum absolute atomic E-state index is 0.558. The fraction of sp³-hybridized carbons (Fsp3) is 0.195. The molecule has 0 radical (unpaired) electrons. The lowest BCUT2D eigenvalue weighted by Crippen LogP contribution is -2.37. The zero-order valence-electron chi connectivity index (χ0n) is 27.5. The molecule has 3 N–H and O–H groups in total. The zero-order chi connectivity index (χ0) is 34.5. The Morgan fingerprint density at radius 2 is 1.18 bits per heavy atom. The molecule has 5 rings (SSSR count). The highest BCUT2D eigenvalue weighted by atomic mass is 16.5. The Morgan fingerprint density at radius 1 is 0.633 bits per heavy atom. The van der Waals surface area contributed by atoms with Gasteiger partial charge in [-0.25, -0.2) is 14.6 Å². The number of ether oxygens (including phenoxy) is 1. The van der Waals surface area contributed by atoms with E-state index in [1.54, 1.807) is 0 Å².